The Balaban J connectivity index is 2.07. The molecule has 5 heteroatoms. The Hall–Kier alpha value is -0.910. The smallest absolute Gasteiger partial charge is 0.275 e. The lowest BCUT2D eigenvalue weighted by molar-refractivity contribution is 0.0957. The van der Waals surface area contributed by atoms with Gasteiger partial charge in [-0.05, 0) is 44.4 Å². The Labute approximate surface area is 112 Å². The van der Waals surface area contributed by atoms with Crippen LogP contribution in [0.1, 0.15) is 46.3 Å². The minimum Gasteiger partial charge on any atom is -0.296 e. The Morgan fingerprint density at radius 2 is 2.33 bits per heavy atom. The summed E-state index contributed by atoms with van der Waals surface area (Å²) in [7, 11) is 0. The fourth-order valence-corrected chi connectivity index (χ4v) is 3.13. The predicted octanol–water partition coefficient (Wildman–Crippen LogP) is 2.03. The molecule has 100 valence electrons. The van der Waals surface area contributed by atoms with Gasteiger partial charge in [-0.25, -0.2) is 5.84 Å². The van der Waals surface area contributed by atoms with Crippen molar-refractivity contribution in [2.45, 2.75) is 45.7 Å². The molecule has 0 unspecified atom stereocenters. The molecule has 1 aliphatic rings. The van der Waals surface area contributed by atoms with E-state index in [1.165, 1.54) is 41.0 Å². The summed E-state index contributed by atoms with van der Waals surface area (Å²) < 4.78 is 0. The molecule has 0 radical (unpaired) electrons. The van der Waals surface area contributed by atoms with Crippen LogP contribution in [0, 0.1) is 6.92 Å². The van der Waals surface area contributed by atoms with Crippen molar-refractivity contribution in [3.8, 4) is 0 Å². The largest absolute Gasteiger partial charge is 0.296 e. The van der Waals surface area contributed by atoms with Crippen molar-refractivity contribution < 1.29 is 4.79 Å². The van der Waals surface area contributed by atoms with Crippen molar-refractivity contribution in [1.29, 1.82) is 0 Å². The van der Waals surface area contributed by atoms with Crippen LogP contribution in [0.2, 0.25) is 0 Å². The molecular weight excluding hydrogens is 246 g/mol. The van der Waals surface area contributed by atoms with Gasteiger partial charge in [0.15, 0.2) is 0 Å². The maximum atomic E-state index is 11.5. The van der Waals surface area contributed by atoms with E-state index < -0.39 is 0 Å². The van der Waals surface area contributed by atoms with E-state index in [0.29, 0.717) is 4.88 Å². The van der Waals surface area contributed by atoms with E-state index in [0.717, 1.165) is 19.1 Å². The number of hydrogen-bond donors (Lipinski definition) is 2. The molecule has 1 aromatic heterocycles. The molecule has 0 aliphatic heterocycles. The van der Waals surface area contributed by atoms with Crippen LogP contribution in [0.15, 0.2) is 6.07 Å². The highest BCUT2D eigenvalue weighted by molar-refractivity contribution is 7.14. The molecule has 0 spiro atoms. The first kappa shape index (κ1) is 13.5. The fourth-order valence-electron chi connectivity index (χ4n) is 2.20. The average Bonchev–Trinajstić information content (AvgIpc) is 3.14. The van der Waals surface area contributed by atoms with Crippen molar-refractivity contribution in [2.24, 2.45) is 5.84 Å². The molecule has 0 bridgehead atoms. The van der Waals surface area contributed by atoms with Crippen LogP contribution in [0.3, 0.4) is 0 Å². The number of hydrogen-bond acceptors (Lipinski definition) is 4. The van der Waals surface area contributed by atoms with Crippen LogP contribution in [-0.2, 0) is 6.54 Å². The maximum absolute atomic E-state index is 11.5. The predicted molar refractivity (Wildman–Crippen MR) is 74.4 cm³/mol. The lowest BCUT2D eigenvalue weighted by atomic mass is 10.2. The number of nitrogens with one attached hydrogen (secondary N) is 1. The standard InChI is InChI=1S/C13H21N3OS/c1-3-6-16(11-4-5-11)8-10-7-12(13(17)15-14)18-9(10)2/h7,11H,3-6,8,14H2,1-2H3,(H,15,17). The van der Waals surface area contributed by atoms with E-state index in [9.17, 15) is 4.79 Å². The van der Waals surface area contributed by atoms with Crippen molar-refractivity contribution in [3.63, 3.8) is 0 Å². The molecule has 2 rings (SSSR count). The van der Waals surface area contributed by atoms with Crippen LogP contribution >= 0.6 is 11.3 Å². The van der Waals surface area contributed by atoms with E-state index >= 15 is 0 Å². The summed E-state index contributed by atoms with van der Waals surface area (Å²) in [6, 6.07) is 2.74. The van der Waals surface area contributed by atoms with Crippen LogP contribution in [0.25, 0.3) is 0 Å². The van der Waals surface area contributed by atoms with Gasteiger partial charge < -0.3 is 0 Å². The molecule has 0 saturated heterocycles. The van der Waals surface area contributed by atoms with E-state index in [-0.39, 0.29) is 5.91 Å². The van der Waals surface area contributed by atoms with Gasteiger partial charge in [0, 0.05) is 17.5 Å². The third-order valence-electron chi connectivity index (χ3n) is 3.32. The van der Waals surface area contributed by atoms with Crippen molar-refractivity contribution in [3.05, 3.63) is 21.4 Å². The highest BCUT2D eigenvalue weighted by Gasteiger charge is 2.28. The number of rotatable bonds is 6. The van der Waals surface area contributed by atoms with E-state index in [1.807, 2.05) is 6.07 Å². The number of thiophene rings is 1. The zero-order valence-electron chi connectivity index (χ0n) is 11.0. The minimum atomic E-state index is -0.192. The highest BCUT2D eigenvalue weighted by atomic mass is 32.1. The zero-order valence-corrected chi connectivity index (χ0v) is 11.8. The number of hydrazine groups is 1. The third-order valence-corrected chi connectivity index (χ3v) is 4.41. The number of carbonyl (C=O) groups is 1. The second-order valence-corrected chi connectivity index (χ2v) is 6.12. The molecule has 1 heterocycles. The molecule has 0 aromatic carbocycles. The lowest BCUT2D eigenvalue weighted by Crippen LogP contribution is -2.29. The van der Waals surface area contributed by atoms with Gasteiger partial charge in [0.05, 0.1) is 4.88 Å². The SMILES string of the molecule is CCCN(Cc1cc(C(=O)NN)sc1C)C1CC1. The van der Waals surface area contributed by atoms with Gasteiger partial charge in [0.2, 0.25) is 0 Å². The number of amides is 1. The van der Waals surface area contributed by atoms with Crippen molar-refractivity contribution in [2.75, 3.05) is 6.54 Å². The Morgan fingerprint density at radius 1 is 1.61 bits per heavy atom. The van der Waals surface area contributed by atoms with Crippen LogP contribution in [-0.4, -0.2) is 23.4 Å². The third kappa shape index (κ3) is 3.10. The molecule has 1 saturated carbocycles. The molecular formula is C13H21N3OS. The van der Waals surface area contributed by atoms with Crippen LogP contribution in [0.4, 0.5) is 0 Å². The van der Waals surface area contributed by atoms with Gasteiger partial charge >= 0.3 is 0 Å². The number of nitrogen functional groups attached to an aromatic ring is 1. The molecule has 3 N–H and O–H groups in total. The van der Waals surface area contributed by atoms with Crippen LogP contribution in [0.5, 0.6) is 0 Å². The van der Waals surface area contributed by atoms with Gasteiger partial charge in [-0.15, -0.1) is 11.3 Å². The molecule has 0 atom stereocenters. The summed E-state index contributed by atoms with van der Waals surface area (Å²) in [5.41, 5.74) is 3.46. The second-order valence-electron chi connectivity index (χ2n) is 4.87. The molecule has 1 aliphatic carbocycles. The van der Waals surface area contributed by atoms with E-state index in [4.69, 9.17) is 5.84 Å². The van der Waals surface area contributed by atoms with E-state index in [2.05, 4.69) is 24.2 Å². The highest BCUT2D eigenvalue weighted by Crippen LogP contribution is 2.30. The summed E-state index contributed by atoms with van der Waals surface area (Å²) in [6.45, 7) is 6.38. The summed E-state index contributed by atoms with van der Waals surface area (Å²) in [5.74, 6) is 4.98. The summed E-state index contributed by atoms with van der Waals surface area (Å²) in [5, 5.41) is 0. The average molecular weight is 267 g/mol. The van der Waals surface area contributed by atoms with E-state index in [1.54, 1.807) is 0 Å². The monoisotopic (exact) mass is 267 g/mol. The quantitative estimate of drug-likeness (QED) is 0.471. The first-order valence-electron chi connectivity index (χ1n) is 6.50. The Bertz CT molecular complexity index is 426. The van der Waals surface area contributed by atoms with Gasteiger partial charge in [-0.3, -0.25) is 15.1 Å². The van der Waals surface area contributed by atoms with Crippen molar-refractivity contribution in [1.82, 2.24) is 10.3 Å². The van der Waals surface area contributed by atoms with Crippen molar-refractivity contribution >= 4 is 17.2 Å². The summed E-state index contributed by atoms with van der Waals surface area (Å²) in [6.07, 6.45) is 3.81. The van der Waals surface area contributed by atoms with Gasteiger partial charge in [-0.1, -0.05) is 6.92 Å². The Morgan fingerprint density at radius 3 is 2.89 bits per heavy atom. The normalized spacial score (nSPS) is 15.1. The fraction of sp³-hybridized carbons (Fsp3) is 0.615. The summed E-state index contributed by atoms with van der Waals surface area (Å²) in [4.78, 5) is 15.9. The van der Waals surface area contributed by atoms with Crippen LogP contribution < -0.4 is 11.3 Å². The number of carbonyl (C=O) groups excluding carboxylic acids is 1. The van der Waals surface area contributed by atoms with Gasteiger partial charge in [-0.2, -0.15) is 0 Å². The minimum absolute atomic E-state index is 0.192. The molecule has 4 nitrogen and oxygen atoms in total. The first-order valence-corrected chi connectivity index (χ1v) is 7.31. The first-order chi connectivity index (χ1) is 8.65. The summed E-state index contributed by atoms with van der Waals surface area (Å²) >= 11 is 1.52. The number of nitrogens with zero attached hydrogens (tertiary/aromatic N) is 1. The topological polar surface area (TPSA) is 58.4 Å². The zero-order chi connectivity index (χ0) is 13.1. The number of aryl methyl sites for hydroxylation is 1. The van der Waals surface area contributed by atoms with Gasteiger partial charge in [0.25, 0.3) is 5.91 Å². The molecule has 1 fully saturated rings. The number of nitrogens with two attached hydrogens (primary N) is 1. The molecule has 1 aromatic rings. The molecule has 18 heavy (non-hydrogen) atoms. The second kappa shape index (κ2) is 5.82. The maximum Gasteiger partial charge on any atom is 0.275 e. The van der Waals surface area contributed by atoms with Gasteiger partial charge in [0.1, 0.15) is 0 Å². The molecule has 1 amide bonds. The lowest BCUT2D eigenvalue weighted by Gasteiger charge is -2.20. The Kier molecular flexibility index (Phi) is 4.37.